The van der Waals surface area contributed by atoms with Crippen LogP contribution in [0.1, 0.15) is 11.4 Å². The lowest BCUT2D eigenvalue weighted by Crippen LogP contribution is -2.23. The maximum absolute atomic E-state index is 12.4. The van der Waals surface area contributed by atoms with E-state index in [4.69, 9.17) is 34.8 Å². The molecule has 0 saturated carbocycles. The maximum atomic E-state index is 12.4. The van der Waals surface area contributed by atoms with Crippen LogP contribution >= 0.6 is 46.6 Å². The van der Waals surface area contributed by atoms with Crippen LogP contribution in [0, 0.1) is 0 Å². The first kappa shape index (κ1) is 25.8. The standard InChI is InChI=1S/C23H20Cl3N5O2S/c1-2-11-31-20(13-27-21(32)10-7-15-5-3-4-6-17(15)25)29-30-23(31)34-14-22(33)28-19-12-16(24)8-9-18(19)26/h2-10,12H,1,11,13-14H2,(H,27,32)(H,28,33). The number of amides is 2. The molecule has 0 aliphatic rings. The highest BCUT2D eigenvalue weighted by Gasteiger charge is 2.15. The van der Waals surface area contributed by atoms with Crippen LogP contribution in [-0.2, 0) is 22.7 Å². The fourth-order valence-corrected chi connectivity index (χ4v) is 4.08. The number of thioether (sulfide) groups is 1. The van der Waals surface area contributed by atoms with Crippen LogP contribution in [-0.4, -0.2) is 32.3 Å². The molecule has 0 aliphatic heterocycles. The molecule has 3 aromatic rings. The van der Waals surface area contributed by atoms with Crippen LogP contribution in [0.2, 0.25) is 15.1 Å². The summed E-state index contributed by atoms with van der Waals surface area (Å²) < 4.78 is 1.77. The van der Waals surface area contributed by atoms with Crippen molar-refractivity contribution >= 4 is 70.1 Å². The van der Waals surface area contributed by atoms with Gasteiger partial charge in [0.25, 0.3) is 0 Å². The first-order valence-electron chi connectivity index (χ1n) is 9.98. The number of aromatic nitrogens is 3. The van der Waals surface area contributed by atoms with E-state index >= 15 is 0 Å². The molecule has 0 bridgehead atoms. The van der Waals surface area contributed by atoms with E-state index in [0.29, 0.717) is 38.3 Å². The molecule has 11 heteroatoms. The summed E-state index contributed by atoms with van der Waals surface area (Å²) in [5, 5.41) is 15.7. The Morgan fingerprint density at radius 3 is 2.65 bits per heavy atom. The summed E-state index contributed by atoms with van der Waals surface area (Å²) in [5.41, 5.74) is 1.17. The predicted molar refractivity (Wildman–Crippen MR) is 138 cm³/mol. The second-order valence-corrected chi connectivity index (χ2v) is 9.03. The molecule has 2 amide bonds. The molecule has 0 spiro atoms. The van der Waals surface area contributed by atoms with Crippen LogP contribution in [0.4, 0.5) is 5.69 Å². The Kier molecular flexibility index (Phi) is 9.59. The molecule has 0 radical (unpaired) electrons. The lowest BCUT2D eigenvalue weighted by Gasteiger charge is -2.09. The van der Waals surface area contributed by atoms with Gasteiger partial charge in [-0.2, -0.15) is 0 Å². The SMILES string of the molecule is C=CCn1c(CNC(=O)C=Cc2ccccc2Cl)nnc1SCC(=O)Nc1cc(Cl)ccc1Cl. The highest BCUT2D eigenvalue weighted by Crippen LogP contribution is 2.26. The summed E-state index contributed by atoms with van der Waals surface area (Å²) in [5.74, 6) is 0.0209. The first-order valence-corrected chi connectivity index (χ1v) is 12.1. The minimum Gasteiger partial charge on any atom is -0.345 e. The second-order valence-electron chi connectivity index (χ2n) is 6.83. The molecule has 1 heterocycles. The molecular formula is C23H20Cl3N5O2S. The Bertz CT molecular complexity index is 1230. The van der Waals surface area contributed by atoms with Crippen molar-refractivity contribution in [1.29, 1.82) is 0 Å². The summed E-state index contributed by atoms with van der Waals surface area (Å²) in [6.07, 6.45) is 4.72. The van der Waals surface area contributed by atoms with Gasteiger partial charge in [-0.05, 0) is 35.9 Å². The largest absolute Gasteiger partial charge is 0.345 e. The summed E-state index contributed by atoms with van der Waals surface area (Å²) in [6.45, 7) is 4.31. The minimum absolute atomic E-state index is 0.0745. The number of nitrogens with one attached hydrogen (secondary N) is 2. The molecule has 2 aromatic carbocycles. The lowest BCUT2D eigenvalue weighted by atomic mass is 10.2. The third-order valence-electron chi connectivity index (χ3n) is 4.38. The molecule has 34 heavy (non-hydrogen) atoms. The zero-order valence-electron chi connectivity index (χ0n) is 17.8. The van der Waals surface area contributed by atoms with Crippen molar-refractivity contribution in [2.24, 2.45) is 0 Å². The van der Waals surface area contributed by atoms with E-state index in [1.54, 1.807) is 41.0 Å². The lowest BCUT2D eigenvalue weighted by molar-refractivity contribution is -0.116. The highest BCUT2D eigenvalue weighted by molar-refractivity contribution is 7.99. The Balaban J connectivity index is 1.58. The third kappa shape index (κ3) is 7.36. The van der Waals surface area contributed by atoms with Gasteiger partial charge in [-0.15, -0.1) is 16.8 Å². The number of nitrogens with zero attached hydrogens (tertiary/aromatic N) is 3. The van der Waals surface area contributed by atoms with E-state index < -0.39 is 0 Å². The predicted octanol–water partition coefficient (Wildman–Crippen LogP) is 5.48. The number of hydrogen-bond acceptors (Lipinski definition) is 5. The number of benzene rings is 2. The van der Waals surface area contributed by atoms with Gasteiger partial charge in [-0.3, -0.25) is 9.59 Å². The van der Waals surface area contributed by atoms with E-state index in [2.05, 4.69) is 27.4 Å². The molecule has 7 nitrogen and oxygen atoms in total. The monoisotopic (exact) mass is 535 g/mol. The Hall–Kier alpha value is -2.78. The number of carbonyl (C=O) groups is 2. The van der Waals surface area contributed by atoms with E-state index in [1.165, 1.54) is 17.8 Å². The highest BCUT2D eigenvalue weighted by atomic mass is 35.5. The molecular weight excluding hydrogens is 517 g/mol. The molecule has 3 rings (SSSR count). The van der Waals surface area contributed by atoms with Crippen LogP contribution in [0.15, 0.2) is 66.4 Å². The quantitative estimate of drug-likeness (QED) is 0.203. The smallest absolute Gasteiger partial charge is 0.244 e. The van der Waals surface area contributed by atoms with Gasteiger partial charge in [0, 0.05) is 22.7 Å². The summed E-state index contributed by atoms with van der Waals surface area (Å²) in [4.78, 5) is 24.6. The summed E-state index contributed by atoms with van der Waals surface area (Å²) >= 11 is 19.3. The molecule has 0 aliphatic carbocycles. The van der Waals surface area contributed by atoms with Gasteiger partial charge in [0.15, 0.2) is 11.0 Å². The van der Waals surface area contributed by atoms with E-state index in [-0.39, 0.29) is 24.1 Å². The van der Waals surface area contributed by atoms with Crippen molar-refractivity contribution in [3.05, 3.63) is 87.7 Å². The van der Waals surface area contributed by atoms with Crippen LogP contribution in [0.3, 0.4) is 0 Å². The zero-order chi connectivity index (χ0) is 24.5. The molecule has 0 unspecified atom stereocenters. The van der Waals surface area contributed by atoms with Gasteiger partial charge in [-0.1, -0.05) is 70.8 Å². The number of carbonyl (C=O) groups excluding carboxylic acids is 2. The van der Waals surface area contributed by atoms with E-state index in [9.17, 15) is 9.59 Å². The third-order valence-corrected chi connectivity index (χ3v) is 6.26. The molecule has 0 fully saturated rings. The van der Waals surface area contributed by atoms with Crippen LogP contribution in [0.5, 0.6) is 0 Å². The van der Waals surface area contributed by atoms with Crippen LogP contribution in [0.25, 0.3) is 6.08 Å². The van der Waals surface area contributed by atoms with Gasteiger partial charge < -0.3 is 15.2 Å². The first-order chi connectivity index (χ1) is 16.4. The van der Waals surface area contributed by atoms with Crippen molar-refractivity contribution in [3.8, 4) is 0 Å². The maximum Gasteiger partial charge on any atom is 0.244 e. The fourth-order valence-electron chi connectivity index (χ4n) is 2.78. The Labute approximate surface area is 216 Å². The number of rotatable bonds is 10. The molecule has 0 saturated heterocycles. The van der Waals surface area contributed by atoms with Gasteiger partial charge in [0.05, 0.1) is 23.0 Å². The molecule has 1 aromatic heterocycles. The number of halogens is 3. The van der Waals surface area contributed by atoms with Crippen molar-refractivity contribution in [3.63, 3.8) is 0 Å². The average Bonchev–Trinajstić information content (AvgIpc) is 3.20. The normalized spacial score (nSPS) is 10.9. The molecule has 2 N–H and O–H groups in total. The number of allylic oxidation sites excluding steroid dienone is 1. The van der Waals surface area contributed by atoms with Gasteiger partial charge in [0.1, 0.15) is 0 Å². The van der Waals surface area contributed by atoms with Crippen LogP contribution < -0.4 is 10.6 Å². The summed E-state index contributed by atoms with van der Waals surface area (Å²) in [7, 11) is 0. The Morgan fingerprint density at radius 1 is 1.09 bits per heavy atom. The van der Waals surface area contributed by atoms with E-state index in [1.807, 2.05) is 18.2 Å². The fraction of sp³-hybridized carbons (Fsp3) is 0.130. The zero-order valence-corrected chi connectivity index (χ0v) is 20.9. The van der Waals surface area contributed by atoms with Gasteiger partial charge in [0.2, 0.25) is 11.8 Å². The average molecular weight is 537 g/mol. The van der Waals surface area contributed by atoms with Crippen molar-refractivity contribution < 1.29 is 9.59 Å². The Morgan fingerprint density at radius 2 is 1.88 bits per heavy atom. The van der Waals surface area contributed by atoms with Crippen molar-refractivity contribution in [1.82, 2.24) is 20.1 Å². The van der Waals surface area contributed by atoms with Crippen molar-refractivity contribution in [2.45, 2.75) is 18.2 Å². The minimum atomic E-state index is -0.306. The summed E-state index contributed by atoms with van der Waals surface area (Å²) in [6, 6.07) is 12.0. The molecule has 176 valence electrons. The van der Waals surface area contributed by atoms with E-state index in [0.717, 1.165) is 5.56 Å². The van der Waals surface area contributed by atoms with Gasteiger partial charge >= 0.3 is 0 Å². The number of hydrogen-bond donors (Lipinski definition) is 2. The topological polar surface area (TPSA) is 88.9 Å². The van der Waals surface area contributed by atoms with Gasteiger partial charge in [-0.25, -0.2) is 0 Å². The number of anilines is 1. The molecule has 0 atom stereocenters. The van der Waals surface area contributed by atoms with Crippen molar-refractivity contribution in [2.75, 3.05) is 11.1 Å². The second kappa shape index (κ2) is 12.6.